The second kappa shape index (κ2) is 14.6. The van der Waals surface area contributed by atoms with Crippen molar-refractivity contribution < 1.29 is 37.0 Å². The van der Waals surface area contributed by atoms with Gasteiger partial charge >= 0.3 is 5.97 Å². The second-order valence-electron chi connectivity index (χ2n) is 10.9. The molecule has 0 aliphatic carbocycles. The van der Waals surface area contributed by atoms with Crippen molar-refractivity contribution in [2.75, 3.05) is 17.6 Å². The van der Waals surface area contributed by atoms with Crippen LogP contribution in [0.1, 0.15) is 18.1 Å². The first kappa shape index (κ1) is 34.6. The van der Waals surface area contributed by atoms with E-state index in [-0.39, 0.29) is 41.2 Å². The Morgan fingerprint density at radius 1 is 1.06 bits per heavy atom. The van der Waals surface area contributed by atoms with Gasteiger partial charge in [-0.05, 0) is 55.3 Å². The first-order valence-electron chi connectivity index (χ1n) is 14.4. The minimum atomic E-state index is -4.02. The molecular formula is C32H30N4O9S3. The number of carbonyl (C=O) groups is 3. The molecule has 48 heavy (non-hydrogen) atoms. The van der Waals surface area contributed by atoms with Gasteiger partial charge in [0.05, 0.1) is 22.1 Å². The smallest absolute Gasteiger partial charge is 0.355 e. The Hall–Kier alpha value is -4.77. The van der Waals surface area contributed by atoms with Gasteiger partial charge in [-0.2, -0.15) is 8.42 Å². The van der Waals surface area contributed by atoms with Crippen LogP contribution in [0.3, 0.4) is 0 Å². The third kappa shape index (κ3) is 7.84. The number of amides is 2. The van der Waals surface area contributed by atoms with Gasteiger partial charge < -0.3 is 15.4 Å². The lowest BCUT2D eigenvalue weighted by Crippen LogP contribution is -2.70. The highest BCUT2D eigenvalue weighted by atomic mass is 32.2. The molecule has 0 spiro atoms. The number of rotatable bonds is 9. The number of nitrogens with zero attached hydrogens (tertiary/aromatic N) is 2. The highest BCUT2D eigenvalue weighted by molar-refractivity contribution is 8.00. The van der Waals surface area contributed by atoms with E-state index < -0.39 is 32.4 Å². The summed E-state index contributed by atoms with van der Waals surface area (Å²) in [5.41, 5.74) is 3.24. The molecule has 6 rings (SSSR count). The van der Waals surface area contributed by atoms with Crippen molar-refractivity contribution in [3.05, 3.63) is 111 Å². The van der Waals surface area contributed by atoms with Crippen LogP contribution in [-0.4, -0.2) is 64.3 Å². The van der Waals surface area contributed by atoms with Crippen LogP contribution in [0.4, 0.5) is 11.4 Å². The predicted molar refractivity (Wildman–Crippen MR) is 182 cm³/mol. The fourth-order valence-electron chi connectivity index (χ4n) is 4.92. The van der Waals surface area contributed by atoms with Gasteiger partial charge in [0, 0.05) is 33.4 Å². The van der Waals surface area contributed by atoms with E-state index in [9.17, 15) is 32.9 Å². The summed E-state index contributed by atoms with van der Waals surface area (Å²) in [6.07, 6.45) is 0. The average Bonchev–Trinajstić information content (AvgIpc) is 3.48. The molecule has 1 saturated heterocycles. The normalized spacial score (nSPS) is 17.1. The summed E-state index contributed by atoms with van der Waals surface area (Å²) in [5, 5.41) is 19.3. The van der Waals surface area contributed by atoms with Gasteiger partial charge in [-0.1, -0.05) is 35.9 Å². The molecule has 0 bridgehead atoms. The van der Waals surface area contributed by atoms with Gasteiger partial charge in [-0.3, -0.25) is 29.2 Å². The molecule has 1 aromatic heterocycles. The number of anilines is 1. The van der Waals surface area contributed by atoms with Gasteiger partial charge in [0.2, 0.25) is 5.91 Å². The Morgan fingerprint density at radius 2 is 1.75 bits per heavy atom. The Kier molecular flexibility index (Phi) is 10.5. The maximum Gasteiger partial charge on any atom is 0.355 e. The van der Waals surface area contributed by atoms with Crippen LogP contribution in [0.25, 0.3) is 10.1 Å². The first-order chi connectivity index (χ1) is 22.8. The van der Waals surface area contributed by atoms with Crippen LogP contribution < -0.4 is 10.6 Å². The topological polar surface area (TPSA) is 185 Å². The average molecular weight is 711 g/mol. The summed E-state index contributed by atoms with van der Waals surface area (Å²) in [6.45, 7) is 3.53. The number of esters is 1. The fraction of sp³-hybridized carbons (Fsp3) is 0.219. The molecule has 0 radical (unpaired) electrons. The van der Waals surface area contributed by atoms with Gasteiger partial charge in [-0.25, -0.2) is 4.79 Å². The number of hydrogen-bond donors (Lipinski definition) is 3. The zero-order chi connectivity index (χ0) is 34.6. The quantitative estimate of drug-likeness (QED) is 0.0707. The molecule has 16 heteroatoms. The van der Waals surface area contributed by atoms with Crippen molar-refractivity contribution in [3.8, 4) is 0 Å². The largest absolute Gasteiger partial charge is 0.456 e. The molecule has 1 unspecified atom stereocenters. The molecule has 2 aliphatic rings. The number of carbonyl (C=O) groups excluding carboxylic acids is 3. The highest BCUT2D eigenvalue weighted by Gasteiger charge is 2.54. The maximum atomic E-state index is 12.9. The number of benzene rings is 3. The highest BCUT2D eigenvalue weighted by Crippen LogP contribution is 2.40. The molecule has 3 N–H and O–H groups in total. The van der Waals surface area contributed by atoms with Crippen molar-refractivity contribution in [1.82, 2.24) is 10.2 Å². The molecule has 250 valence electrons. The number of thioether (sulfide) groups is 1. The lowest BCUT2D eigenvalue weighted by atomic mass is 10.0. The molecule has 13 nitrogen and oxygen atoms in total. The second-order valence-corrected chi connectivity index (χ2v) is 14.3. The van der Waals surface area contributed by atoms with E-state index in [1.807, 2.05) is 36.6 Å². The Labute approximate surface area is 283 Å². The van der Waals surface area contributed by atoms with Crippen LogP contribution in [0.15, 0.2) is 94.3 Å². The van der Waals surface area contributed by atoms with Crippen molar-refractivity contribution >= 4 is 72.5 Å². The number of non-ortho nitro benzene ring substituents is 1. The number of β-lactam (4-membered cyclic amide) rings is 1. The molecule has 4 aromatic rings. The van der Waals surface area contributed by atoms with E-state index in [4.69, 9.17) is 9.29 Å². The monoisotopic (exact) mass is 710 g/mol. The third-order valence-electron chi connectivity index (χ3n) is 7.43. The van der Waals surface area contributed by atoms with Crippen LogP contribution in [0.2, 0.25) is 0 Å². The van der Waals surface area contributed by atoms with Crippen molar-refractivity contribution in [2.24, 2.45) is 0 Å². The number of hydrogen-bond acceptors (Lipinski definition) is 11. The molecule has 2 amide bonds. The zero-order valence-electron chi connectivity index (χ0n) is 25.6. The van der Waals surface area contributed by atoms with Crippen molar-refractivity contribution in [2.45, 2.75) is 36.8 Å². The summed E-state index contributed by atoms with van der Waals surface area (Å²) >= 11 is 3.06. The number of nitrogens with one attached hydrogen (secondary N) is 2. The first-order valence-corrected chi connectivity index (χ1v) is 17.8. The molecular weight excluding hydrogens is 681 g/mol. The number of fused-ring (bicyclic) bond motifs is 2. The van der Waals surface area contributed by atoms with Crippen LogP contribution in [-0.2, 0) is 35.8 Å². The van der Waals surface area contributed by atoms with Gasteiger partial charge in [0.1, 0.15) is 23.7 Å². The summed E-state index contributed by atoms with van der Waals surface area (Å²) in [6, 6.07) is 18.8. The predicted octanol–water partition coefficient (Wildman–Crippen LogP) is 4.88. The lowest BCUT2D eigenvalue weighted by molar-refractivity contribution is -0.384. The molecule has 0 saturated carbocycles. The van der Waals surface area contributed by atoms with E-state index in [2.05, 4.69) is 10.6 Å². The molecule has 2 atom stereocenters. The van der Waals surface area contributed by atoms with E-state index in [0.29, 0.717) is 16.9 Å². The van der Waals surface area contributed by atoms with Gasteiger partial charge in [-0.15, -0.1) is 23.1 Å². The summed E-state index contributed by atoms with van der Waals surface area (Å²) in [4.78, 5) is 50.0. The number of nitro groups is 1. The number of aryl methyl sites for hydroxylation is 1. The van der Waals surface area contributed by atoms with Crippen LogP contribution >= 0.6 is 23.1 Å². The van der Waals surface area contributed by atoms with Gasteiger partial charge in [0.15, 0.2) is 0 Å². The molecule has 3 aromatic carbocycles. The minimum absolute atomic E-state index is 0.0148. The molecule has 2 aliphatic heterocycles. The van der Waals surface area contributed by atoms with E-state index in [0.717, 1.165) is 21.3 Å². The zero-order valence-corrected chi connectivity index (χ0v) is 28.1. The fourth-order valence-corrected chi connectivity index (χ4v) is 7.61. The standard InChI is InChI=1S/C25H22N4O6S2.C7H8O3S/c1-14-12-37-24-21(27-20(30)10-26-18-13-36-19-5-3-2-4-17(18)19)23(31)28(24)22(14)25(32)35-11-15-6-8-16(9-7-15)29(33)34;1-6-2-4-7(5-3-6)11(8,9)10/h2-9,13,21,24,26H,10-12H2,1H3,(H,27,30);2-5H,1H3,(H,8,9,10)/t21?,24-;/m0./s1. The van der Waals surface area contributed by atoms with Crippen molar-refractivity contribution in [1.29, 1.82) is 0 Å². The van der Waals surface area contributed by atoms with E-state index >= 15 is 0 Å². The maximum absolute atomic E-state index is 12.9. The molecule has 1 fully saturated rings. The summed E-state index contributed by atoms with van der Waals surface area (Å²) in [7, 11) is -4.02. The SMILES string of the molecule is CC1=C(C(=O)OCc2ccc([N+](=O)[O-])cc2)N2C(=O)C(NC(=O)CNc3csc4ccccc34)[C@@H]2SC1.Cc1ccc(S(=O)(=O)O)cc1. The Morgan fingerprint density at radius 3 is 2.42 bits per heavy atom. The van der Waals surface area contributed by atoms with E-state index in [1.165, 1.54) is 53.1 Å². The van der Waals surface area contributed by atoms with Crippen LogP contribution in [0, 0.1) is 17.0 Å². The lowest BCUT2D eigenvalue weighted by Gasteiger charge is -2.49. The number of nitro benzene ring substituents is 1. The Balaban J connectivity index is 0.000000349. The molecule has 3 heterocycles. The summed E-state index contributed by atoms with van der Waals surface area (Å²) in [5.74, 6) is -0.817. The Bertz CT molecular complexity index is 2010. The number of thiophene rings is 1. The van der Waals surface area contributed by atoms with Gasteiger partial charge in [0.25, 0.3) is 21.7 Å². The van der Waals surface area contributed by atoms with Crippen LogP contribution in [0.5, 0.6) is 0 Å². The number of ether oxygens (including phenoxy) is 1. The van der Waals surface area contributed by atoms with E-state index in [1.54, 1.807) is 30.4 Å². The third-order valence-corrected chi connectivity index (χ3v) is 10.7. The summed E-state index contributed by atoms with van der Waals surface area (Å²) < 4.78 is 36.1. The minimum Gasteiger partial charge on any atom is -0.456 e. The van der Waals surface area contributed by atoms with Crippen molar-refractivity contribution in [3.63, 3.8) is 0 Å².